The van der Waals surface area contributed by atoms with Crippen LogP contribution in [0.1, 0.15) is 15.9 Å². The summed E-state index contributed by atoms with van der Waals surface area (Å²) in [6, 6.07) is 25.6. The molecule has 4 aromatic carbocycles. The predicted molar refractivity (Wildman–Crippen MR) is 137 cm³/mol. The van der Waals surface area contributed by atoms with E-state index in [0.717, 1.165) is 16.3 Å². The fourth-order valence-corrected chi connectivity index (χ4v) is 3.88. The maximum atomic E-state index is 12.9. The van der Waals surface area contributed by atoms with Gasteiger partial charge in [0.15, 0.2) is 0 Å². The van der Waals surface area contributed by atoms with Gasteiger partial charge in [0.25, 0.3) is 11.6 Å². The van der Waals surface area contributed by atoms with Gasteiger partial charge >= 0.3 is 6.01 Å². The molecule has 0 atom stereocenters. The molecular weight excluding hydrogens is 474 g/mol. The van der Waals surface area contributed by atoms with Crippen LogP contribution in [-0.2, 0) is 11.2 Å². The van der Waals surface area contributed by atoms with Gasteiger partial charge in [0.1, 0.15) is 0 Å². The van der Waals surface area contributed by atoms with Crippen LogP contribution in [0.2, 0.25) is 0 Å². The first kappa shape index (κ1) is 23.4. The molecule has 10 heteroatoms. The summed E-state index contributed by atoms with van der Waals surface area (Å²) in [6.07, 6.45) is 0.138. The van der Waals surface area contributed by atoms with Crippen LogP contribution >= 0.6 is 0 Å². The number of aromatic nitrogens is 2. The summed E-state index contributed by atoms with van der Waals surface area (Å²) in [7, 11) is 0. The molecule has 0 aliphatic carbocycles. The lowest BCUT2D eigenvalue weighted by molar-refractivity contribution is -0.384. The summed E-state index contributed by atoms with van der Waals surface area (Å²) < 4.78 is 5.49. The SMILES string of the molecule is O=C(Cc1cccc2ccccc12)Nc1ccccc1C(=O)Nc1nnc(-c2ccc([N+](=O)[O-])cc2)o1. The van der Waals surface area contributed by atoms with Crippen LogP contribution in [0.3, 0.4) is 0 Å². The lowest BCUT2D eigenvalue weighted by Crippen LogP contribution is -2.19. The highest BCUT2D eigenvalue weighted by atomic mass is 16.6. The summed E-state index contributed by atoms with van der Waals surface area (Å²) in [4.78, 5) is 36.1. The second kappa shape index (κ2) is 10.1. The van der Waals surface area contributed by atoms with Crippen molar-refractivity contribution in [2.24, 2.45) is 0 Å². The molecule has 5 aromatic rings. The minimum absolute atomic E-state index is 0.0732. The minimum atomic E-state index is -0.556. The largest absolute Gasteiger partial charge is 0.403 e. The van der Waals surface area contributed by atoms with Gasteiger partial charge in [0.2, 0.25) is 11.8 Å². The number of nitro groups is 1. The third kappa shape index (κ3) is 5.17. The first-order valence-corrected chi connectivity index (χ1v) is 11.2. The summed E-state index contributed by atoms with van der Waals surface area (Å²) in [5, 5.41) is 25.9. The van der Waals surface area contributed by atoms with Crippen LogP contribution in [0, 0.1) is 10.1 Å². The highest BCUT2D eigenvalue weighted by Gasteiger charge is 2.18. The predicted octanol–water partition coefficient (Wildman–Crippen LogP) is 5.23. The number of non-ortho nitro benzene ring substituents is 1. The molecule has 0 saturated carbocycles. The van der Waals surface area contributed by atoms with E-state index < -0.39 is 10.8 Å². The summed E-state index contributed by atoms with van der Waals surface area (Å²) in [5.74, 6) is -0.739. The van der Waals surface area contributed by atoms with E-state index in [9.17, 15) is 19.7 Å². The topological polar surface area (TPSA) is 140 Å². The van der Waals surface area contributed by atoms with Gasteiger partial charge < -0.3 is 9.73 Å². The number of anilines is 2. The zero-order valence-corrected chi connectivity index (χ0v) is 19.3. The van der Waals surface area contributed by atoms with Crippen molar-refractivity contribution >= 4 is 40.0 Å². The molecule has 0 fully saturated rings. The third-order valence-electron chi connectivity index (χ3n) is 5.65. The third-order valence-corrected chi connectivity index (χ3v) is 5.65. The molecule has 182 valence electrons. The molecular formula is C27H19N5O5. The number of carbonyl (C=O) groups excluding carboxylic acids is 2. The lowest BCUT2D eigenvalue weighted by atomic mass is 10.0. The number of fused-ring (bicyclic) bond motifs is 1. The highest BCUT2D eigenvalue weighted by Crippen LogP contribution is 2.24. The highest BCUT2D eigenvalue weighted by molar-refractivity contribution is 6.09. The zero-order valence-electron chi connectivity index (χ0n) is 19.3. The number of carbonyl (C=O) groups is 2. The monoisotopic (exact) mass is 493 g/mol. The molecule has 37 heavy (non-hydrogen) atoms. The maximum Gasteiger partial charge on any atom is 0.322 e. The van der Waals surface area contributed by atoms with Crippen molar-refractivity contribution in [2.75, 3.05) is 10.6 Å². The number of nitrogens with one attached hydrogen (secondary N) is 2. The van der Waals surface area contributed by atoms with Crippen LogP contribution in [0.4, 0.5) is 17.4 Å². The van der Waals surface area contributed by atoms with E-state index in [0.29, 0.717) is 11.3 Å². The van der Waals surface area contributed by atoms with Crippen molar-refractivity contribution in [3.05, 3.63) is 112 Å². The van der Waals surface area contributed by atoms with E-state index in [1.165, 1.54) is 24.3 Å². The van der Waals surface area contributed by atoms with E-state index in [1.807, 2.05) is 42.5 Å². The van der Waals surface area contributed by atoms with Crippen LogP contribution in [0.15, 0.2) is 95.4 Å². The molecule has 0 saturated heterocycles. The average molecular weight is 493 g/mol. The first-order chi connectivity index (χ1) is 18.0. The fourth-order valence-electron chi connectivity index (χ4n) is 3.88. The Morgan fingerprint density at radius 2 is 1.57 bits per heavy atom. The molecule has 5 rings (SSSR count). The molecule has 0 radical (unpaired) electrons. The molecule has 0 aliphatic heterocycles. The van der Waals surface area contributed by atoms with E-state index in [-0.39, 0.29) is 35.5 Å². The van der Waals surface area contributed by atoms with Crippen LogP contribution in [-0.4, -0.2) is 26.9 Å². The van der Waals surface area contributed by atoms with Gasteiger partial charge in [0.05, 0.1) is 22.6 Å². The summed E-state index contributed by atoms with van der Waals surface area (Å²) >= 11 is 0. The number of benzene rings is 4. The average Bonchev–Trinajstić information content (AvgIpc) is 3.37. The van der Waals surface area contributed by atoms with Gasteiger partial charge in [0, 0.05) is 17.7 Å². The minimum Gasteiger partial charge on any atom is -0.403 e. The first-order valence-electron chi connectivity index (χ1n) is 11.2. The van der Waals surface area contributed by atoms with Crippen molar-refractivity contribution in [2.45, 2.75) is 6.42 Å². The molecule has 1 heterocycles. The van der Waals surface area contributed by atoms with Gasteiger partial charge in [-0.05, 0) is 40.6 Å². The van der Waals surface area contributed by atoms with E-state index >= 15 is 0 Å². The van der Waals surface area contributed by atoms with Crippen LogP contribution in [0.5, 0.6) is 0 Å². The van der Waals surface area contributed by atoms with Gasteiger partial charge in [-0.1, -0.05) is 59.7 Å². The molecule has 10 nitrogen and oxygen atoms in total. The Balaban J connectivity index is 1.29. The Hall–Kier alpha value is -5.38. The number of rotatable bonds is 7. The maximum absolute atomic E-state index is 12.9. The quantitative estimate of drug-likeness (QED) is 0.234. The second-order valence-electron chi connectivity index (χ2n) is 8.08. The number of nitro benzene ring substituents is 1. The molecule has 2 N–H and O–H groups in total. The molecule has 2 amide bonds. The van der Waals surface area contributed by atoms with Crippen molar-refractivity contribution in [3.63, 3.8) is 0 Å². The number of para-hydroxylation sites is 1. The van der Waals surface area contributed by atoms with Crippen molar-refractivity contribution in [1.29, 1.82) is 0 Å². The normalized spacial score (nSPS) is 10.7. The Kier molecular flexibility index (Phi) is 6.37. The van der Waals surface area contributed by atoms with Crippen molar-refractivity contribution in [3.8, 4) is 11.5 Å². The Morgan fingerprint density at radius 3 is 2.38 bits per heavy atom. The second-order valence-corrected chi connectivity index (χ2v) is 8.08. The number of amides is 2. The number of nitrogens with zero attached hydrogens (tertiary/aromatic N) is 3. The van der Waals surface area contributed by atoms with Gasteiger partial charge in [-0.25, -0.2) is 0 Å². The molecule has 0 unspecified atom stereocenters. The Labute approximate surface area is 210 Å². The molecule has 0 bridgehead atoms. The van der Waals surface area contributed by atoms with Gasteiger partial charge in [-0.15, -0.1) is 5.10 Å². The zero-order chi connectivity index (χ0) is 25.8. The van der Waals surface area contributed by atoms with E-state index in [2.05, 4.69) is 20.8 Å². The Morgan fingerprint density at radius 1 is 0.838 bits per heavy atom. The molecule has 0 spiro atoms. The summed E-state index contributed by atoms with van der Waals surface area (Å²) in [6.45, 7) is 0. The van der Waals surface area contributed by atoms with Crippen molar-refractivity contribution < 1.29 is 18.9 Å². The smallest absolute Gasteiger partial charge is 0.322 e. The van der Waals surface area contributed by atoms with E-state index in [4.69, 9.17) is 4.42 Å². The van der Waals surface area contributed by atoms with E-state index in [1.54, 1.807) is 24.3 Å². The van der Waals surface area contributed by atoms with Gasteiger partial charge in [-0.2, -0.15) is 0 Å². The molecule has 1 aromatic heterocycles. The number of hydrogen-bond donors (Lipinski definition) is 2. The summed E-state index contributed by atoms with van der Waals surface area (Å²) in [5.41, 5.74) is 1.81. The lowest BCUT2D eigenvalue weighted by Gasteiger charge is -2.11. The van der Waals surface area contributed by atoms with Crippen LogP contribution in [0.25, 0.3) is 22.2 Å². The number of hydrogen-bond acceptors (Lipinski definition) is 7. The van der Waals surface area contributed by atoms with Crippen molar-refractivity contribution in [1.82, 2.24) is 10.2 Å². The fraction of sp³-hybridized carbons (Fsp3) is 0.0370. The molecule has 0 aliphatic rings. The van der Waals surface area contributed by atoms with Crippen LogP contribution < -0.4 is 10.6 Å². The Bertz CT molecular complexity index is 1620. The van der Waals surface area contributed by atoms with Gasteiger partial charge in [-0.3, -0.25) is 25.0 Å². The standard InChI is InChI=1S/C27H19N5O5/c33-24(16-19-8-5-7-17-6-1-2-9-21(17)19)28-23-11-4-3-10-22(23)25(34)29-27-31-30-26(37-27)18-12-14-20(15-13-18)32(35)36/h1-15H,16H2,(H,28,33)(H,29,31,34).